The molecule has 17 heteroatoms. The number of hydrogen-bond acceptors (Lipinski definition) is 6. The second-order valence-corrected chi connectivity index (χ2v) is 11.2. The van der Waals surface area contributed by atoms with Crippen LogP contribution in [-0.4, -0.2) is 54.9 Å². The molecule has 2 aromatic carbocycles. The molecule has 1 heterocycles. The minimum absolute atomic E-state index is 0.0572. The Kier molecular flexibility index (Phi) is 10.5. The molecular weight excluding hydrogens is 636 g/mol. The van der Waals surface area contributed by atoms with Crippen molar-refractivity contribution in [1.29, 1.82) is 0 Å². The van der Waals surface area contributed by atoms with Crippen LogP contribution in [0.2, 0.25) is 5.02 Å². The molecule has 244 valence electrons. The third-order valence-corrected chi connectivity index (χ3v) is 7.00. The second kappa shape index (κ2) is 13.4. The summed E-state index contributed by atoms with van der Waals surface area (Å²) in [6, 6.07) is 9.34. The summed E-state index contributed by atoms with van der Waals surface area (Å²) in [6.45, 7) is 0.512. The predicted octanol–water partition coefficient (Wildman–Crippen LogP) is 3.82. The number of Topliss-reactive ketones (excluding diaryl/α,β-unsaturated/α-hetero) is 1. The Labute approximate surface area is 256 Å². The SMILES string of the molecule is CC(C)(NC(=O)C[C@H](CC(=O)Cn1nc(-c2ccc(Cl)cc2)n(C[C@H](O)C(F)(F)F)c1=O)c1cccc(C(F)(F)F)c1)C(N)=O. The number of ketones is 1. The maximum atomic E-state index is 13.4. The maximum Gasteiger partial charge on any atom is 0.416 e. The van der Waals surface area contributed by atoms with Crippen LogP contribution in [-0.2, 0) is 33.6 Å². The van der Waals surface area contributed by atoms with Gasteiger partial charge in [0.25, 0.3) is 0 Å². The van der Waals surface area contributed by atoms with Crippen molar-refractivity contribution in [1.82, 2.24) is 19.7 Å². The third-order valence-electron chi connectivity index (χ3n) is 6.74. The number of carbonyl (C=O) groups is 3. The fourth-order valence-electron chi connectivity index (χ4n) is 4.27. The van der Waals surface area contributed by atoms with Crippen molar-refractivity contribution >= 4 is 29.2 Å². The van der Waals surface area contributed by atoms with E-state index in [-0.39, 0.29) is 22.0 Å². The molecule has 0 aliphatic carbocycles. The average Bonchev–Trinajstić information content (AvgIpc) is 3.21. The molecular formula is C28H28ClF6N5O5. The van der Waals surface area contributed by atoms with Crippen LogP contribution in [0, 0.1) is 0 Å². The van der Waals surface area contributed by atoms with Crippen molar-refractivity contribution in [2.75, 3.05) is 0 Å². The van der Waals surface area contributed by atoms with Crippen LogP contribution in [0.5, 0.6) is 0 Å². The first-order valence-corrected chi connectivity index (χ1v) is 13.5. The number of hydrogen-bond donors (Lipinski definition) is 3. The van der Waals surface area contributed by atoms with Gasteiger partial charge in [-0.15, -0.1) is 5.10 Å². The van der Waals surface area contributed by atoms with Gasteiger partial charge in [-0.1, -0.05) is 29.8 Å². The Hall–Kier alpha value is -4.18. The van der Waals surface area contributed by atoms with E-state index < -0.39 is 84.7 Å². The minimum atomic E-state index is -5.09. The lowest BCUT2D eigenvalue weighted by molar-refractivity contribution is -0.207. The van der Waals surface area contributed by atoms with Gasteiger partial charge >= 0.3 is 18.0 Å². The van der Waals surface area contributed by atoms with Crippen LogP contribution < -0.4 is 16.7 Å². The fraction of sp³-hybridized carbons (Fsp3) is 0.393. The van der Waals surface area contributed by atoms with Gasteiger partial charge in [-0.25, -0.2) is 9.48 Å². The summed E-state index contributed by atoms with van der Waals surface area (Å²) >= 11 is 5.87. The molecule has 3 aromatic rings. The molecule has 2 atom stereocenters. The molecule has 2 amide bonds. The summed E-state index contributed by atoms with van der Waals surface area (Å²) in [5.74, 6) is -4.05. The highest BCUT2D eigenvalue weighted by Gasteiger charge is 2.39. The van der Waals surface area contributed by atoms with E-state index in [4.69, 9.17) is 17.3 Å². The summed E-state index contributed by atoms with van der Waals surface area (Å²) in [4.78, 5) is 50.8. The van der Waals surface area contributed by atoms with E-state index in [2.05, 4.69) is 10.4 Å². The van der Waals surface area contributed by atoms with Crippen molar-refractivity contribution in [3.63, 3.8) is 0 Å². The van der Waals surface area contributed by atoms with Crippen molar-refractivity contribution < 1.29 is 45.8 Å². The highest BCUT2D eigenvalue weighted by atomic mass is 35.5. The zero-order valence-corrected chi connectivity index (χ0v) is 24.5. The number of alkyl halides is 6. The van der Waals surface area contributed by atoms with Crippen molar-refractivity contribution in [2.45, 2.75) is 69.7 Å². The molecule has 0 radical (unpaired) electrons. The normalized spacial score (nSPS) is 13.7. The molecule has 1 aromatic heterocycles. The Morgan fingerprint density at radius 2 is 1.64 bits per heavy atom. The van der Waals surface area contributed by atoms with E-state index in [1.165, 1.54) is 44.2 Å². The first-order valence-electron chi connectivity index (χ1n) is 13.2. The summed E-state index contributed by atoms with van der Waals surface area (Å²) in [5.41, 5.74) is 1.57. The highest BCUT2D eigenvalue weighted by molar-refractivity contribution is 6.30. The number of nitrogens with one attached hydrogen (secondary N) is 1. The molecule has 3 rings (SSSR count). The predicted molar refractivity (Wildman–Crippen MR) is 149 cm³/mol. The average molecular weight is 664 g/mol. The van der Waals surface area contributed by atoms with Crippen LogP contribution in [0.3, 0.4) is 0 Å². The van der Waals surface area contributed by atoms with E-state index in [9.17, 15) is 50.6 Å². The maximum absolute atomic E-state index is 13.4. The van der Waals surface area contributed by atoms with Gasteiger partial charge in [-0.05, 0) is 55.7 Å². The number of nitrogens with two attached hydrogens (primary N) is 1. The van der Waals surface area contributed by atoms with E-state index in [1.54, 1.807) is 0 Å². The Bertz CT molecular complexity index is 1620. The lowest BCUT2D eigenvalue weighted by Gasteiger charge is -2.24. The summed E-state index contributed by atoms with van der Waals surface area (Å²) < 4.78 is 80.8. The molecule has 0 saturated heterocycles. The molecule has 0 fully saturated rings. The lowest BCUT2D eigenvalue weighted by atomic mass is 9.89. The van der Waals surface area contributed by atoms with Gasteiger partial charge < -0.3 is 16.2 Å². The van der Waals surface area contributed by atoms with Gasteiger partial charge in [0.15, 0.2) is 17.7 Å². The van der Waals surface area contributed by atoms with Gasteiger partial charge in [-0.3, -0.25) is 19.0 Å². The quantitative estimate of drug-likeness (QED) is 0.251. The molecule has 0 saturated carbocycles. The summed E-state index contributed by atoms with van der Waals surface area (Å²) in [5, 5.41) is 16.2. The first-order chi connectivity index (χ1) is 20.7. The zero-order chi connectivity index (χ0) is 33.9. The second-order valence-electron chi connectivity index (χ2n) is 10.7. The molecule has 0 aliphatic heterocycles. The van der Waals surface area contributed by atoms with Crippen LogP contribution in [0.1, 0.15) is 43.7 Å². The van der Waals surface area contributed by atoms with Crippen LogP contribution in [0.15, 0.2) is 53.3 Å². The Balaban J connectivity index is 1.97. The number of rotatable bonds is 12. The van der Waals surface area contributed by atoms with Gasteiger partial charge in [0, 0.05) is 23.4 Å². The smallest absolute Gasteiger partial charge is 0.382 e. The van der Waals surface area contributed by atoms with Gasteiger partial charge in [0.1, 0.15) is 12.1 Å². The number of halogens is 7. The Morgan fingerprint density at radius 3 is 2.20 bits per heavy atom. The first kappa shape index (κ1) is 35.3. The largest absolute Gasteiger partial charge is 0.416 e. The number of primary amides is 1. The number of aromatic nitrogens is 3. The molecule has 45 heavy (non-hydrogen) atoms. The number of amides is 2. The summed E-state index contributed by atoms with van der Waals surface area (Å²) in [7, 11) is 0. The molecule has 0 unspecified atom stereocenters. The van der Waals surface area contributed by atoms with Crippen LogP contribution in [0.4, 0.5) is 26.3 Å². The number of aliphatic hydroxyl groups is 1. The molecule has 4 N–H and O–H groups in total. The molecule has 0 bridgehead atoms. The van der Waals surface area contributed by atoms with Crippen molar-refractivity contribution in [3.05, 3.63) is 75.2 Å². The standard InChI is InChI=1S/C28H28ClF6N5O5/c1-26(2,24(36)44)37-22(43)12-17(16-4-3-5-18(10-16)27(30,31)32)11-20(41)13-40-25(45)39(14-21(42)28(33,34)35)23(38-40)15-6-8-19(29)9-7-15/h3-10,17,21,42H,11-14H2,1-2H3,(H2,36,44)(H,37,43)/t17-,21-/m0/s1. The monoisotopic (exact) mass is 663 g/mol. The summed E-state index contributed by atoms with van der Waals surface area (Å²) in [6.07, 6.45) is -14.0. The minimum Gasteiger partial charge on any atom is -0.382 e. The fourth-order valence-corrected chi connectivity index (χ4v) is 4.39. The number of aliphatic hydroxyl groups excluding tert-OH is 1. The zero-order valence-electron chi connectivity index (χ0n) is 23.7. The van der Waals surface area contributed by atoms with E-state index in [0.717, 1.165) is 18.2 Å². The van der Waals surface area contributed by atoms with Crippen LogP contribution in [0.25, 0.3) is 11.4 Å². The number of benzene rings is 2. The number of carbonyl (C=O) groups excluding carboxylic acids is 3. The van der Waals surface area contributed by atoms with Gasteiger partial charge in [0.2, 0.25) is 11.8 Å². The lowest BCUT2D eigenvalue weighted by Crippen LogP contribution is -2.53. The van der Waals surface area contributed by atoms with Crippen molar-refractivity contribution in [3.8, 4) is 11.4 Å². The third kappa shape index (κ3) is 9.17. The van der Waals surface area contributed by atoms with E-state index >= 15 is 0 Å². The molecule has 0 aliphatic rings. The Morgan fingerprint density at radius 1 is 1.02 bits per heavy atom. The van der Waals surface area contributed by atoms with Crippen LogP contribution >= 0.6 is 11.6 Å². The molecule has 10 nitrogen and oxygen atoms in total. The van der Waals surface area contributed by atoms with E-state index in [1.807, 2.05) is 0 Å². The highest BCUT2D eigenvalue weighted by Crippen LogP contribution is 2.33. The van der Waals surface area contributed by atoms with E-state index in [0.29, 0.717) is 9.25 Å². The van der Waals surface area contributed by atoms with Crippen molar-refractivity contribution in [2.24, 2.45) is 5.73 Å². The number of nitrogens with zero attached hydrogens (tertiary/aromatic N) is 3. The topological polar surface area (TPSA) is 149 Å². The van der Waals surface area contributed by atoms with Gasteiger partial charge in [-0.2, -0.15) is 26.3 Å². The molecule has 0 spiro atoms. The van der Waals surface area contributed by atoms with Gasteiger partial charge in [0.05, 0.1) is 12.1 Å².